The molecule has 0 radical (unpaired) electrons. The number of ketones is 1. The fourth-order valence-electron chi connectivity index (χ4n) is 2.40. The van der Waals surface area contributed by atoms with Crippen molar-refractivity contribution < 1.29 is 4.79 Å². The standard InChI is InChI=1S/C18H14ClNO/c1-20-11-16(13-6-3-2-4-7-13)17(12-20)18(21)14-8-5-9-15(19)10-14/h2-12H,1H3. The average Bonchev–Trinajstić information content (AvgIpc) is 2.89. The molecular weight excluding hydrogens is 282 g/mol. The second-order valence-corrected chi connectivity index (χ2v) is 5.39. The van der Waals surface area contributed by atoms with Crippen LogP contribution in [-0.2, 0) is 7.05 Å². The summed E-state index contributed by atoms with van der Waals surface area (Å²) >= 11 is 5.98. The van der Waals surface area contributed by atoms with Crippen LogP contribution in [0.5, 0.6) is 0 Å². The van der Waals surface area contributed by atoms with Crippen molar-refractivity contribution in [1.29, 1.82) is 0 Å². The molecule has 0 N–H and O–H groups in total. The van der Waals surface area contributed by atoms with Crippen LogP contribution in [0.4, 0.5) is 0 Å². The van der Waals surface area contributed by atoms with Gasteiger partial charge >= 0.3 is 0 Å². The first kappa shape index (κ1) is 13.7. The zero-order valence-corrected chi connectivity index (χ0v) is 12.3. The summed E-state index contributed by atoms with van der Waals surface area (Å²) in [7, 11) is 1.92. The predicted molar refractivity (Wildman–Crippen MR) is 85.7 cm³/mol. The number of aromatic nitrogens is 1. The Bertz CT molecular complexity index is 790. The number of aryl methyl sites for hydroxylation is 1. The molecule has 3 heteroatoms. The zero-order valence-electron chi connectivity index (χ0n) is 11.6. The van der Waals surface area contributed by atoms with Crippen molar-refractivity contribution in [3.63, 3.8) is 0 Å². The molecule has 2 aromatic carbocycles. The molecule has 1 aromatic heterocycles. The Balaban J connectivity index is 2.09. The molecule has 0 saturated heterocycles. The van der Waals surface area contributed by atoms with E-state index in [9.17, 15) is 4.79 Å². The Hall–Kier alpha value is -2.32. The van der Waals surface area contributed by atoms with E-state index in [0.29, 0.717) is 16.1 Å². The number of benzene rings is 2. The molecule has 0 aliphatic carbocycles. The zero-order chi connectivity index (χ0) is 14.8. The molecule has 0 spiro atoms. The van der Waals surface area contributed by atoms with Crippen LogP contribution in [0.3, 0.4) is 0 Å². The van der Waals surface area contributed by atoms with Gasteiger partial charge in [0.2, 0.25) is 0 Å². The van der Waals surface area contributed by atoms with Gasteiger partial charge in [0.25, 0.3) is 0 Å². The normalized spacial score (nSPS) is 10.6. The summed E-state index contributed by atoms with van der Waals surface area (Å²) in [5.41, 5.74) is 3.25. The molecule has 0 aliphatic rings. The van der Waals surface area contributed by atoms with Crippen LogP contribution in [0, 0.1) is 0 Å². The topological polar surface area (TPSA) is 22.0 Å². The van der Waals surface area contributed by atoms with Crippen LogP contribution in [0.15, 0.2) is 67.0 Å². The van der Waals surface area contributed by atoms with E-state index >= 15 is 0 Å². The van der Waals surface area contributed by atoms with E-state index in [1.165, 1.54) is 0 Å². The van der Waals surface area contributed by atoms with Crippen LogP contribution < -0.4 is 0 Å². The van der Waals surface area contributed by atoms with Gasteiger partial charge in [0.15, 0.2) is 5.78 Å². The van der Waals surface area contributed by atoms with Crippen molar-refractivity contribution >= 4 is 17.4 Å². The maximum Gasteiger partial charge on any atom is 0.195 e. The Morgan fingerprint density at radius 3 is 2.48 bits per heavy atom. The highest BCUT2D eigenvalue weighted by Gasteiger charge is 2.17. The van der Waals surface area contributed by atoms with Gasteiger partial charge in [0, 0.05) is 41.2 Å². The van der Waals surface area contributed by atoms with Gasteiger partial charge in [-0.3, -0.25) is 4.79 Å². The molecule has 0 atom stereocenters. The van der Waals surface area contributed by atoms with Gasteiger partial charge in [0.1, 0.15) is 0 Å². The van der Waals surface area contributed by atoms with E-state index in [2.05, 4.69) is 0 Å². The van der Waals surface area contributed by atoms with Gasteiger partial charge in [-0.2, -0.15) is 0 Å². The lowest BCUT2D eigenvalue weighted by Crippen LogP contribution is -2.01. The summed E-state index contributed by atoms with van der Waals surface area (Å²) in [6.07, 6.45) is 3.82. The first-order chi connectivity index (χ1) is 10.1. The Morgan fingerprint density at radius 1 is 1.00 bits per heavy atom. The van der Waals surface area contributed by atoms with Gasteiger partial charge in [-0.15, -0.1) is 0 Å². The van der Waals surface area contributed by atoms with Gasteiger partial charge < -0.3 is 4.57 Å². The second kappa shape index (κ2) is 5.58. The molecule has 0 unspecified atom stereocenters. The molecule has 104 valence electrons. The maximum atomic E-state index is 12.7. The largest absolute Gasteiger partial charge is 0.356 e. The molecule has 0 fully saturated rings. The van der Waals surface area contributed by atoms with Crippen LogP contribution in [0.25, 0.3) is 11.1 Å². The summed E-state index contributed by atoms with van der Waals surface area (Å²) < 4.78 is 1.90. The number of carbonyl (C=O) groups is 1. The average molecular weight is 296 g/mol. The van der Waals surface area contributed by atoms with Crippen molar-refractivity contribution in [3.05, 3.63) is 83.1 Å². The predicted octanol–water partition coefficient (Wildman–Crippen LogP) is 4.58. The molecule has 3 aromatic rings. The summed E-state index contributed by atoms with van der Waals surface area (Å²) in [6.45, 7) is 0. The molecule has 1 heterocycles. The minimum Gasteiger partial charge on any atom is -0.356 e. The van der Waals surface area contributed by atoms with Crippen LogP contribution in [0.2, 0.25) is 5.02 Å². The summed E-state index contributed by atoms with van der Waals surface area (Å²) in [6, 6.07) is 17.0. The fraction of sp³-hybridized carbons (Fsp3) is 0.0556. The van der Waals surface area contributed by atoms with E-state index < -0.39 is 0 Å². The lowest BCUT2D eigenvalue weighted by molar-refractivity contribution is 0.103. The van der Waals surface area contributed by atoms with E-state index in [-0.39, 0.29) is 5.78 Å². The minimum atomic E-state index is -0.0167. The first-order valence-corrected chi connectivity index (χ1v) is 7.04. The third kappa shape index (κ3) is 2.76. The smallest absolute Gasteiger partial charge is 0.195 e. The second-order valence-electron chi connectivity index (χ2n) is 4.96. The van der Waals surface area contributed by atoms with Crippen LogP contribution in [0.1, 0.15) is 15.9 Å². The SMILES string of the molecule is Cn1cc(C(=O)c2cccc(Cl)c2)c(-c2ccccc2)c1. The lowest BCUT2D eigenvalue weighted by atomic mass is 9.98. The van der Waals surface area contributed by atoms with E-state index in [4.69, 9.17) is 11.6 Å². The highest BCUT2D eigenvalue weighted by molar-refractivity contribution is 6.31. The van der Waals surface area contributed by atoms with Crippen molar-refractivity contribution in [2.24, 2.45) is 7.05 Å². The Labute approximate surface area is 128 Å². The van der Waals surface area contributed by atoms with Crippen molar-refractivity contribution in [1.82, 2.24) is 4.57 Å². The highest BCUT2D eigenvalue weighted by Crippen LogP contribution is 2.27. The number of hydrogen-bond acceptors (Lipinski definition) is 1. The molecule has 21 heavy (non-hydrogen) atoms. The third-order valence-corrected chi connectivity index (χ3v) is 3.61. The summed E-state index contributed by atoms with van der Waals surface area (Å²) in [4.78, 5) is 12.7. The highest BCUT2D eigenvalue weighted by atomic mass is 35.5. The quantitative estimate of drug-likeness (QED) is 0.648. The van der Waals surface area contributed by atoms with Gasteiger partial charge in [-0.05, 0) is 17.7 Å². The van der Waals surface area contributed by atoms with Crippen molar-refractivity contribution in [3.8, 4) is 11.1 Å². The van der Waals surface area contributed by atoms with Gasteiger partial charge in [-0.1, -0.05) is 54.1 Å². The third-order valence-electron chi connectivity index (χ3n) is 3.37. The van der Waals surface area contributed by atoms with Crippen molar-refractivity contribution in [2.75, 3.05) is 0 Å². The fourth-order valence-corrected chi connectivity index (χ4v) is 2.59. The lowest BCUT2D eigenvalue weighted by Gasteiger charge is -2.04. The number of halogens is 1. The number of rotatable bonds is 3. The van der Waals surface area contributed by atoms with E-state index in [0.717, 1.165) is 11.1 Å². The monoisotopic (exact) mass is 295 g/mol. The maximum absolute atomic E-state index is 12.7. The molecule has 3 rings (SSSR count). The molecular formula is C18H14ClNO. The van der Waals surface area contributed by atoms with Gasteiger partial charge in [0.05, 0.1) is 0 Å². The first-order valence-electron chi connectivity index (χ1n) is 6.67. The Morgan fingerprint density at radius 2 is 1.76 bits per heavy atom. The number of carbonyl (C=O) groups excluding carboxylic acids is 1. The van der Waals surface area contributed by atoms with E-state index in [1.807, 2.05) is 54.3 Å². The number of nitrogens with zero attached hydrogens (tertiary/aromatic N) is 1. The van der Waals surface area contributed by atoms with E-state index in [1.54, 1.807) is 24.3 Å². The molecule has 0 bridgehead atoms. The minimum absolute atomic E-state index is 0.0167. The summed E-state index contributed by atoms with van der Waals surface area (Å²) in [5, 5.41) is 0.568. The van der Waals surface area contributed by atoms with Crippen LogP contribution in [-0.4, -0.2) is 10.4 Å². The molecule has 2 nitrogen and oxygen atoms in total. The van der Waals surface area contributed by atoms with Crippen LogP contribution >= 0.6 is 11.6 Å². The number of hydrogen-bond donors (Lipinski definition) is 0. The summed E-state index contributed by atoms with van der Waals surface area (Å²) in [5.74, 6) is -0.0167. The Kier molecular flexibility index (Phi) is 3.63. The molecule has 0 amide bonds. The molecule has 0 saturated carbocycles. The van der Waals surface area contributed by atoms with Crippen molar-refractivity contribution in [2.45, 2.75) is 0 Å². The molecule has 0 aliphatic heterocycles. The van der Waals surface area contributed by atoms with Gasteiger partial charge in [-0.25, -0.2) is 0 Å².